The Kier molecular flexibility index (Phi) is 4.76. The average molecular weight is 251 g/mol. The second kappa shape index (κ2) is 6.09. The fourth-order valence-corrected chi connectivity index (χ4v) is 1.25. The zero-order valence-electron chi connectivity index (χ0n) is 10.9. The van der Waals surface area contributed by atoms with Gasteiger partial charge in [0, 0.05) is 18.4 Å². The van der Waals surface area contributed by atoms with Gasteiger partial charge in [-0.1, -0.05) is 0 Å². The number of aromatic nitrogens is 2. The molecule has 6 nitrogen and oxygen atoms in total. The van der Waals surface area contributed by atoms with E-state index >= 15 is 0 Å². The zero-order valence-corrected chi connectivity index (χ0v) is 10.9. The summed E-state index contributed by atoms with van der Waals surface area (Å²) in [6.07, 6.45) is 2.44. The van der Waals surface area contributed by atoms with E-state index in [0.717, 1.165) is 0 Å². The molecule has 0 saturated carbocycles. The molecule has 1 aromatic heterocycles. The van der Waals surface area contributed by atoms with Gasteiger partial charge in [0.1, 0.15) is 0 Å². The van der Waals surface area contributed by atoms with E-state index < -0.39 is 11.9 Å². The first-order chi connectivity index (χ1) is 8.41. The van der Waals surface area contributed by atoms with Crippen LogP contribution in [0.4, 0.5) is 0 Å². The molecule has 98 valence electrons. The Bertz CT molecular complexity index is 403. The number of nitrogens with one attached hydrogen (secondary N) is 1. The van der Waals surface area contributed by atoms with Gasteiger partial charge in [0.15, 0.2) is 11.4 Å². The Hall–Kier alpha value is -1.98. The molecular formula is C12H17N3O3. The van der Waals surface area contributed by atoms with Crippen LogP contribution in [-0.4, -0.2) is 34.0 Å². The van der Waals surface area contributed by atoms with Crippen LogP contribution >= 0.6 is 0 Å². The van der Waals surface area contributed by atoms with Crippen LogP contribution < -0.4 is 5.32 Å². The van der Waals surface area contributed by atoms with Gasteiger partial charge >= 0.3 is 5.97 Å². The number of carbonyl (C=O) groups excluding carboxylic acids is 2. The van der Waals surface area contributed by atoms with Crippen LogP contribution in [0, 0.1) is 0 Å². The molecule has 1 amide bonds. The third-order valence-corrected chi connectivity index (χ3v) is 1.87. The van der Waals surface area contributed by atoms with Gasteiger partial charge < -0.3 is 10.1 Å². The second-order valence-corrected chi connectivity index (χ2v) is 4.34. The molecule has 1 aromatic rings. The number of hydrogen-bond acceptors (Lipinski definition) is 5. The fraction of sp³-hybridized carbons (Fsp3) is 0.500. The summed E-state index contributed by atoms with van der Waals surface area (Å²) in [7, 11) is 0. The number of rotatable bonds is 4. The molecule has 18 heavy (non-hydrogen) atoms. The van der Waals surface area contributed by atoms with Gasteiger partial charge in [0.05, 0.1) is 6.10 Å². The minimum Gasteiger partial charge on any atom is -0.458 e. The topological polar surface area (TPSA) is 81.2 Å². The highest BCUT2D eigenvalue weighted by Gasteiger charge is 2.22. The maximum Gasteiger partial charge on any atom is 0.359 e. The van der Waals surface area contributed by atoms with Crippen molar-refractivity contribution in [3.63, 3.8) is 0 Å². The maximum absolute atomic E-state index is 11.8. The van der Waals surface area contributed by atoms with E-state index in [1.165, 1.54) is 12.4 Å². The predicted octanol–water partition coefficient (Wildman–Crippen LogP) is 1.18. The quantitative estimate of drug-likeness (QED) is 0.813. The number of carbonyl (C=O) groups is 2. The van der Waals surface area contributed by atoms with Crippen molar-refractivity contribution in [2.24, 2.45) is 0 Å². The van der Waals surface area contributed by atoms with Crippen molar-refractivity contribution in [1.82, 2.24) is 15.3 Å². The number of nitrogens with zero attached hydrogens (tertiary/aromatic N) is 2. The normalized spacial score (nSPS) is 10.6. The van der Waals surface area contributed by atoms with E-state index in [1.807, 2.05) is 13.8 Å². The van der Waals surface area contributed by atoms with Crippen LogP contribution in [0.1, 0.15) is 48.7 Å². The molecule has 0 bridgehead atoms. The molecule has 1 rings (SSSR count). The molecule has 0 unspecified atom stereocenters. The molecule has 0 spiro atoms. The van der Waals surface area contributed by atoms with Crippen molar-refractivity contribution in [2.75, 3.05) is 0 Å². The first-order valence-electron chi connectivity index (χ1n) is 5.74. The highest BCUT2D eigenvalue weighted by molar-refractivity contribution is 6.02. The summed E-state index contributed by atoms with van der Waals surface area (Å²) in [6, 6.07) is -0.0477. The van der Waals surface area contributed by atoms with Gasteiger partial charge in [0.25, 0.3) is 5.91 Å². The standard InChI is InChI=1S/C12H17N3O3/c1-7(2)15-11(16)9-10(14-6-5-13-9)12(17)18-8(3)4/h5-8H,1-4H3,(H,15,16). The molecule has 0 aliphatic carbocycles. The maximum atomic E-state index is 11.8. The Balaban J connectivity index is 2.99. The monoisotopic (exact) mass is 251 g/mol. The summed E-state index contributed by atoms with van der Waals surface area (Å²) in [5, 5.41) is 2.66. The van der Waals surface area contributed by atoms with E-state index in [1.54, 1.807) is 13.8 Å². The van der Waals surface area contributed by atoms with Crippen LogP contribution in [0.25, 0.3) is 0 Å². The van der Waals surface area contributed by atoms with Crippen LogP contribution in [0.5, 0.6) is 0 Å². The Labute approximate surface area is 106 Å². The first-order valence-corrected chi connectivity index (χ1v) is 5.74. The second-order valence-electron chi connectivity index (χ2n) is 4.34. The largest absolute Gasteiger partial charge is 0.458 e. The molecular weight excluding hydrogens is 234 g/mol. The summed E-state index contributed by atoms with van der Waals surface area (Å²) < 4.78 is 5.01. The fourth-order valence-electron chi connectivity index (χ4n) is 1.25. The SMILES string of the molecule is CC(C)NC(=O)c1nccnc1C(=O)OC(C)C. The van der Waals surface area contributed by atoms with Crippen molar-refractivity contribution < 1.29 is 14.3 Å². The lowest BCUT2D eigenvalue weighted by molar-refractivity contribution is 0.0366. The van der Waals surface area contributed by atoms with Crippen molar-refractivity contribution in [2.45, 2.75) is 39.8 Å². The van der Waals surface area contributed by atoms with Crippen LogP contribution in [0.3, 0.4) is 0 Å². The van der Waals surface area contributed by atoms with Crippen LogP contribution in [-0.2, 0) is 4.74 Å². The lowest BCUT2D eigenvalue weighted by Crippen LogP contribution is -2.32. The zero-order chi connectivity index (χ0) is 13.7. The van der Waals surface area contributed by atoms with Gasteiger partial charge in [-0.25, -0.2) is 14.8 Å². The molecule has 0 saturated heterocycles. The summed E-state index contributed by atoms with van der Waals surface area (Å²) >= 11 is 0. The molecule has 1 heterocycles. The molecule has 1 N–H and O–H groups in total. The highest BCUT2D eigenvalue weighted by atomic mass is 16.5. The lowest BCUT2D eigenvalue weighted by atomic mass is 10.2. The van der Waals surface area contributed by atoms with E-state index in [0.29, 0.717) is 0 Å². The first kappa shape index (κ1) is 14.1. The summed E-state index contributed by atoms with van der Waals surface area (Å²) in [6.45, 7) is 7.09. The van der Waals surface area contributed by atoms with Gasteiger partial charge in [-0.3, -0.25) is 4.79 Å². The van der Waals surface area contributed by atoms with Crippen LogP contribution in [0.2, 0.25) is 0 Å². The van der Waals surface area contributed by atoms with E-state index in [4.69, 9.17) is 4.74 Å². The summed E-state index contributed by atoms with van der Waals surface area (Å²) in [4.78, 5) is 31.4. The molecule has 0 aromatic carbocycles. The average Bonchev–Trinajstić information content (AvgIpc) is 2.27. The molecule has 0 atom stereocenters. The number of amides is 1. The predicted molar refractivity (Wildman–Crippen MR) is 65.2 cm³/mol. The van der Waals surface area contributed by atoms with Crippen molar-refractivity contribution in [3.8, 4) is 0 Å². The summed E-state index contributed by atoms with van der Waals surface area (Å²) in [5.41, 5.74) is -0.0822. The van der Waals surface area contributed by atoms with Gasteiger partial charge in [0.2, 0.25) is 0 Å². The van der Waals surface area contributed by atoms with Gasteiger partial charge in [-0.15, -0.1) is 0 Å². The van der Waals surface area contributed by atoms with E-state index in [2.05, 4.69) is 15.3 Å². The Morgan fingerprint density at radius 3 is 2.17 bits per heavy atom. The molecule has 6 heteroatoms. The van der Waals surface area contributed by atoms with E-state index in [9.17, 15) is 9.59 Å². The Morgan fingerprint density at radius 2 is 1.67 bits per heavy atom. The summed E-state index contributed by atoms with van der Waals surface area (Å²) in [5.74, 6) is -1.08. The van der Waals surface area contributed by atoms with Gasteiger partial charge in [-0.05, 0) is 27.7 Å². The van der Waals surface area contributed by atoms with Crippen LogP contribution in [0.15, 0.2) is 12.4 Å². The lowest BCUT2D eigenvalue weighted by Gasteiger charge is -2.11. The highest BCUT2D eigenvalue weighted by Crippen LogP contribution is 2.06. The number of hydrogen-bond donors (Lipinski definition) is 1. The molecule has 0 aliphatic heterocycles. The number of ether oxygens (including phenoxy) is 1. The van der Waals surface area contributed by atoms with Gasteiger partial charge in [-0.2, -0.15) is 0 Å². The molecule has 0 radical (unpaired) electrons. The van der Waals surface area contributed by atoms with E-state index in [-0.39, 0.29) is 23.5 Å². The molecule has 0 fully saturated rings. The van der Waals surface area contributed by atoms with Crippen molar-refractivity contribution in [1.29, 1.82) is 0 Å². The van der Waals surface area contributed by atoms with Crippen molar-refractivity contribution in [3.05, 3.63) is 23.8 Å². The third-order valence-electron chi connectivity index (χ3n) is 1.87. The third kappa shape index (κ3) is 3.80. The minimum absolute atomic E-state index is 0.0168. The molecule has 0 aliphatic rings. The minimum atomic E-state index is -0.646. The number of esters is 1. The Morgan fingerprint density at radius 1 is 1.11 bits per heavy atom. The van der Waals surface area contributed by atoms with Crippen molar-refractivity contribution >= 4 is 11.9 Å². The smallest absolute Gasteiger partial charge is 0.359 e.